The van der Waals surface area contributed by atoms with Crippen LogP contribution in [0.1, 0.15) is 6.42 Å². The summed E-state index contributed by atoms with van der Waals surface area (Å²) in [4.78, 5) is 0. The summed E-state index contributed by atoms with van der Waals surface area (Å²) in [7, 11) is -2.98. The summed E-state index contributed by atoms with van der Waals surface area (Å²) in [5.74, 6) is 0.655. The topological polar surface area (TPSA) is 104 Å². The van der Waals surface area contributed by atoms with Gasteiger partial charge in [-0.3, -0.25) is 0 Å². The third-order valence-electron chi connectivity index (χ3n) is 2.69. The van der Waals surface area contributed by atoms with Gasteiger partial charge in [0.15, 0.2) is 5.82 Å². The van der Waals surface area contributed by atoms with Gasteiger partial charge >= 0.3 is 0 Å². The van der Waals surface area contributed by atoms with E-state index in [-0.39, 0.29) is 5.75 Å². The molecule has 0 aliphatic heterocycles. The lowest BCUT2D eigenvalue weighted by molar-refractivity contribution is 0.567. The zero-order valence-electron chi connectivity index (χ0n) is 10.8. The van der Waals surface area contributed by atoms with Gasteiger partial charge in [0, 0.05) is 24.1 Å². The Kier molecular flexibility index (Phi) is 4.39. The van der Waals surface area contributed by atoms with Gasteiger partial charge in [-0.2, -0.15) is 0 Å². The number of tetrazole rings is 1. The predicted octanol–water partition coefficient (Wildman–Crippen LogP) is 1.12. The molecule has 0 aliphatic carbocycles. The molecule has 108 valence electrons. The van der Waals surface area contributed by atoms with Crippen molar-refractivity contribution < 1.29 is 8.42 Å². The number of benzene rings is 1. The van der Waals surface area contributed by atoms with Gasteiger partial charge < -0.3 is 5.73 Å². The second kappa shape index (κ2) is 5.88. The second-order valence-electron chi connectivity index (χ2n) is 4.42. The number of rotatable bonds is 5. The van der Waals surface area contributed by atoms with Crippen LogP contribution in [-0.4, -0.2) is 40.6 Å². The summed E-state index contributed by atoms with van der Waals surface area (Å²) in [6.45, 7) is 0.427. The molecule has 20 heavy (non-hydrogen) atoms. The summed E-state index contributed by atoms with van der Waals surface area (Å²) < 4.78 is 24.6. The number of nitrogen functional groups attached to an aromatic ring is 1. The maximum absolute atomic E-state index is 11.1. The smallest absolute Gasteiger partial charge is 0.183 e. The fourth-order valence-electron chi connectivity index (χ4n) is 1.75. The van der Waals surface area contributed by atoms with E-state index in [9.17, 15) is 8.42 Å². The van der Waals surface area contributed by atoms with Crippen LogP contribution >= 0.6 is 15.9 Å². The molecule has 2 rings (SSSR count). The van der Waals surface area contributed by atoms with Crippen molar-refractivity contribution in [1.29, 1.82) is 0 Å². The number of nitrogens with two attached hydrogens (primary N) is 1. The van der Waals surface area contributed by atoms with Crippen LogP contribution in [-0.2, 0) is 16.4 Å². The Balaban J connectivity index is 2.22. The number of nitrogens with zero attached hydrogens (tertiary/aromatic N) is 4. The van der Waals surface area contributed by atoms with Crippen molar-refractivity contribution in [2.45, 2.75) is 13.0 Å². The van der Waals surface area contributed by atoms with E-state index in [1.54, 1.807) is 10.7 Å². The van der Waals surface area contributed by atoms with Crippen LogP contribution in [0, 0.1) is 0 Å². The summed E-state index contributed by atoms with van der Waals surface area (Å²) in [6, 6.07) is 5.43. The van der Waals surface area contributed by atoms with Gasteiger partial charge in [-0.1, -0.05) is 6.07 Å². The zero-order valence-corrected chi connectivity index (χ0v) is 13.2. The van der Waals surface area contributed by atoms with E-state index < -0.39 is 9.84 Å². The number of aromatic nitrogens is 4. The zero-order chi connectivity index (χ0) is 14.8. The van der Waals surface area contributed by atoms with Crippen molar-refractivity contribution in [3.63, 3.8) is 0 Å². The number of anilines is 1. The Morgan fingerprint density at radius 3 is 2.85 bits per heavy atom. The van der Waals surface area contributed by atoms with Gasteiger partial charge in [0.1, 0.15) is 9.84 Å². The third kappa shape index (κ3) is 3.54. The van der Waals surface area contributed by atoms with Gasteiger partial charge in [-0.25, -0.2) is 13.1 Å². The Morgan fingerprint density at radius 1 is 1.40 bits per heavy atom. The monoisotopic (exact) mass is 359 g/mol. The Hall–Kier alpha value is -1.48. The summed E-state index contributed by atoms with van der Waals surface area (Å²) in [5.41, 5.74) is 7.19. The first-order valence-electron chi connectivity index (χ1n) is 5.87. The molecule has 0 saturated heterocycles. The molecule has 0 saturated carbocycles. The summed E-state index contributed by atoms with van der Waals surface area (Å²) in [5, 5.41) is 11.5. The minimum Gasteiger partial charge on any atom is -0.398 e. The van der Waals surface area contributed by atoms with Crippen molar-refractivity contribution in [2.75, 3.05) is 17.7 Å². The fraction of sp³-hybridized carbons (Fsp3) is 0.364. The van der Waals surface area contributed by atoms with Gasteiger partial charge in [0.25, 0.3) is 0 Å². The molecule has 0 spiro atoms. The van der Waals surface area contributed by atoms with E-state index in [4.69, 9.17) is 5.73 Å². The van der Waals surface area contributed by atoms with Crippen molar-refractivity contribution >= 4 is 31.5 Å². The van der Waals surface area contributed by atoms with E-state index >= 15 is 0 Å². The van der Waals surface area contributed by atoms with Crippen molar-refractivity contribution in [3.05, 3.63) is 22.7 Å². The SMILES string of the molecule is CS(=O)(=O)CCCn1nnnc1-c1cccc(N)c1Br. The molecule has 1 aromatic heterocycles. The van der Waals surface area contributed by atoms with Gasteiger partial charge in [-0.15, -0.1) is 5.10 Å². The van der Waals surface area contributed by atoms with Gasteiger partial charge in [-0.05, 0) is 44.9 Å². The molecular formula is C11H14BrN5O2S. The Morgan fingerprint density at radius 2 is 2.15 bits per heavy atom. The number of hydrogen-bond acceptors (Lipinski definition) is 6. The maximum atomic E-state index is 11.1. The molecule has 0 fully saturated rings. The number of halogens is 1. The normalized spacial score (nSPS) is 11.7. The number of aryl methyl sites for hydroxylation is 1. The van der Waals surface area contributed by atoms with Crippen LogP contribution in [0.5, 0.6) is 0 Å². The molecule has 9 heteroatoms. The minimum absolute atomic E-state index is 0.102. The summed E-state index contributed by atoms with van der Waals surface area (Å²) in [6.07, 6.45) is 1.67. The van der Waals surface area contributed by atoms with Gasteiger partial charge in [0.2, 0.25) is 0 Å². The Bertz CT molecular complexity index is 713. The average Bonchev–Trinajstić information content (AvgIpc) is 2.79. The molecule has 7 nitrogen and oxygen atoms in total. The molecule has 1 heterocycles. The number of sulfone groups is 1. The third-order valence-corrected chi connectivity index (χ3v) is 4.60. The molecule has 0 amide bonds. The lowest BCUT2D eigenvalue weighted by Crippen LogP contribution is -2.09. The van der Waals surface area contributed by atoms with Crippen LogP contribution in [0.3, 0.4) is 0 Å². The van der Waals surface area contributed by atoms with Crippen LogP contribution in [0.25, 0.3) is 11.4 Å². The highest BCUT2D eigenvalue weighted by Gasteiger charge is 2.14. The van der Waals surface area contributed by atoms with Gasteiger partial charge in [0.05, 0.1) is 10.2 Å². The quantitative estimate of drug-likeness (QED) is 0.802. The molecule has 0 unspecified atom stereocenters. The first-order valence-corrected chi connectivity index (χ1v) is 8.72. The summed E-state index contributed by atoms with van der Waals surface area (Å²) >= 11 is 3.41. The van der Waals surface area contributed by atoms with Crippen LogP contribution < -0.4 is 5.73 Å². The average molecular weight is 360 g/mol. The van der Waals surface area contributed by atoms with Crippen LogP contribution in [0.4, 0.5) is 5.69 Å². The highest BCUT2D eigenvalue weighted by molar-refractivity contribution is 9.10. The van der Waals surface area contributed by atoms with E-state index in [1.807, 2.05) is 12.1 Å². The lowest BCUT2D eigenvalue weighted by atomic mass is 10.2. The second-order valence-corrected chi connectivity index (χ2v) is 7.47. The van der Waals surface area contributed by atoms with E-state index in [1.165, 1.54) is 6.26 Å². The fourth-order valence-corrected chi connectivity index (χ4v) is 2.84. The molecular weight excluding hydrogens is 346 g/mol. The molecule has 0 radical (unpaired) electrons. The van der Waals surface area contributed by atoms with E-state index in [0.717, 1.165) is 10.0 Å². The first-order chi connectivity index (χ1) is 9.38. The highest BCUT2D eigenvalue weighted by atomic mass is 79.9. The lowest BCUT2D eigenvalue weighted by Gasteiger charge is -2.07. The standard InChI is InChI=1S/C11H14BrN5O2S/c1-20(18,19)7-3-6-17-11(14-15-16-17)8-4-2-5-9(13)10(8)12/h2,4-5H,3,6-7,13H2,1H3. The van der Waals surface area contributed by atoms with Crippen molar-refractivity contribution in [3.8, 4) is 11.4 Å². The molecule has 0 bridgehead atoms. The van der Waals surface area contributed by atoms with E-state index in [0.29, 0.717) is 24.5 Å². The molecule has 0 aliphatic rings. The van der Waals surface area contributed by atoms with Crippen LogP contribution in [0.15, 0.2) is 22.7 Å². The van der Waals surface area contributed by atoms with Crippen molar-refractivity contribution in [1.82, 2.24) is 20.2 Å². The van der Waals surface area contributed by atoms with Crippen LogP contribution in [0.2, 0.25) is 0 Å². The van der Waals surface area contributed by atoms with Crippen molar-refractivity contribution in [2.24, 2.45) is 0 Å². The maximum Gasteiger partial charge on any atom is 0.183 e. The first kappa shape index (κ1) is 14.9. The Labute approximate surface area is 125 Å². The predicted molar refractivity (Wildman–Crippen MR) is 79.7 cm³/mol. The molecule has 0 atom stereocenters. The molecule has 2 N–H and O–H groups in total. The minimum atomic E-state index is -2.98. The molecule has 1 aromatic carbocycles. The molecule has 2 aromatic rings. The number of hydrogen-bond donors (Lipinski definition) is 1. The highest BCUT2D eigenvalue weighted by Crippen LogP contribution is 2.30. The largest absolute Gasteiger partial charge is 0.398 e. The van der Waals surface area contributed by atoms with E-state index in [2.05, 4.69) is 31.5 Å².